The second-order valence-electron chi connectivity index (χ2n) is 8.33. The summed E-state index contributed by atoms with van der Waals surface area (Å²) in [5, 5.41) is 4.26. The maximum absolute atomic E-state index is 13.4. The molecule has 1 aromatic carbocycles. The van der Waals surface area contributed by atoms with E-state index in [1.54, 1.807) is 6.26 Å². The van der Waals surface area contributed by atoms with E-state index in [0.29, 0.717) is 29.0 Å². The van der Waals surface area contributed by atoms with Gasteiger partial charge in [-0.25, -0.2) is 4.98 Å². The minimum absolute atomic E-state index is 0.0203. The number of ether oxygens (including phenoxy) is 1. The average molecular weight is 374 g/mol. The van der Waals surface area contributed by atoms with Crippen LogP contribution in [0.5, 0.6) is 0 Å². The van der Waals surface area contributed by atoms with Crippen molar-refractivity contribution >= 4 is 16.8 Å². The third kappa shape index (κ3) is 2.17. The predicted octanol–water partition coefficient (Wildman–Crippen LogP) is 4.18. The standard InChI is InChI=1S/C23H22N2O3/c26-22(25-20-15-8-12-28-21(15)23(20)9-4-10-23)16-13-18(19-7-3-11-27-19)24-17-6-2-1-5-14(16)17/h1-3,5-7,11,13,15,20-21H,4,8-10,12H2,(H,25,26). The molecule has 28 heavy (non-hydrogen) atoms. The van der Waals surface area contributed by atoms with Crippen LogP contribution in [-0.2, 0) is 4.74 Å². The molecule has 1 aliphatic heterocycles. The molecule has 3 aliphatic rings. The van der Waals surface area contributed by atoms with E-state index in [4.69, 9.17) is 9.15 Å². The molecule has 3 aromatic rings. The summed E-state index contributed by atoms with van der Waals surface area (Å²) in [5.74, 6) is 1.11. The van der Waals surface area contributed by atoms with Crippen molar-refractivity contribution in [2.24, 2.45) is 11.3 Å². The van der Waals surface area contributed by atoms with Crippen molar-refractivity contribution in [3.63, 3.8) is 0 Å². The monoisotopic (exact) mass is 374 g/mol. The van der Waals surface area contributed by atoms with Gasteiger partial charge >= 0.3 is 0 Å². The number of aromatic nitrogens is 1. The Morgan fingerprint density at radius 2 is 2.07 bits per heavy atom. The number of nitrogens with one attached hydrogen (secondary N) is 1. The van der Waals surface area contributed by atoms with E-state index in [0.717, 1.165) is 36.8 Å². The highest BCUT2D eigenvalue weighted by molar-refractivity contribution is 6.07. The molecule has 1 N–H and O–H groups in total. The summed E-state index contributed by atoms with van der Waals surface area (Å²) < 4.78 is 11.5. The summed E-state index contributed by atoms with van der Waals surface area (Å²) in [6.07, 6.45) is 6.58. The Balaban J connectivity index is 1.38. The molecule has 3 fully saturated rings. The minimum atomic E-state index is -0.0203. The Morgan fingerprint density at radius 1 is 1.18 bits per heavy atom. The molecule has 5 nitrogen and oxygen atoms in total. The summed E-state index contributed by atoms with van der Waals surface area (Å²) in [6, 6.07) is 13.6. The zero-order chi connectivity index (χ0) is 18.7. The number of carbonyl (C=O) groups excluding carboxylic acids is 1. The molecule has 3 atom stereocenters. The van der Waals surface area contributed by atoms with Gasteiger partial charge in [-0.1, -0.05) is 24.6 Å². The third-order valence-electron chi connectivity index (χ3n) is 7.06. The topological polar surface area (TPSA) is 64.4 Å². The number of hydrogen-bond donors (Lipinski definition) is 1. The van der Waals surface area contributed by atoms with Crippen LogP contribution >= 0.6 is 0 Å². The molecule has 1 spiro atoms. The van der Waals surface area contributed by atoms with Crippen molar-refractivity contribution in [1.82, 2.24) is 10.3 Å². The zero-order valence-corrected chi connectivity index (χ0v) is 15.6. The van der Waals surface area contributed by atoms with Gasteiger partial charge in [-0.2, -0.15) is 0 Å². The largest absolute Gasteiger partial charge is 0.463 e. The maximum atomic E-state index is 13.4. The van der Waals surface area contributed by atoms with E-state index >= 15 is 0 Å². The summed E-state index contributed by atoms with van der Waals surface area (Å²) in [5.41, 5.74) is 2.32. The van der Waals surface area contributed by atoms with E-state index in [1.165, 1.54) is 6.42 Å². The quantitative estimate of drug-likeness (QED) is 0.747. The van der Waals surface area contributed by atoms with Crippen LogP contribution in [0.2, 0.25) is 0 Å². The Bertz CT molecular complexity index is 1050. The van der Waals surface area contributed by atoms with Gasteiger partial charge in [-0.05, 0) is 43.5 Å². The number of rotatable bonds is 3. The molecule has 2 aliphatic carbocycles. The molecular formula is C23H22N2O3. The van der Waals surface area contributed by atoms with E-state index in [-0.39, 0.29) is 17.4 Å². The van der Waals surface area contributed by atoms with Gasteiger partial charge in [0.1, 0.15) is 5.69 Å². The molecule has 1 saturated heterocycles. The van der Waals surface area contributed by atoms with Crippen molar-refractivity contribution in [2.45, 2.75) is 37.8 Å². The normalized spacial score (nSPS) is 27.2. The highest BCUT2D eigenvalue weighted by atomic mass is 16.5. The number of hydrogen-bond acceptors (Lipinski definition) is 4. The Hall–Kier alpha value is -2.66. The number of amides is 1. The molecule has 2 saturated carbocycles. The van der Waals surface area contributed by atoms with Gasteiger partial charge in [0.15, 0.2) is 5.76 Å². The number of carbonyl (C=O) groups is 1. The number of pyridine rings is 1. The number of fused-ring (bicyclic) bond motifs is 3. The Morgan fingerprint density at radius 3 is 2.86 bits per heavy atom. The van der Waals surface area contributed by atoms with Crippen molar-refractivity contribution in [3.05, 3.63) is 54.3 Å². The Kier molecular flexibility index (Phi) is 3.45. The van der Waals surface area contributed by atoms with E-state index in [1.807, 2.05) is 42.5 Å². The molecule has 3 unspecified atom stereocenters. The van der Waals surface area contributed by atoms with Gasteiger partial charge in [-0.3, -0.25) is 4.79 Å². The first kappa shape index (κ1) is 16.3. The lowest BCUT2D eigenvalue weighted by Gasteiger charge is -2.63. The SMILES string of the molecule is O=C(NC1C2CCOC2C12CCC2)c1cc(-c2ccco2)nc2ccccc12. The molecule has 5 heteroatoms. The summed E-state index contributed by atoms with van der Waals surface area (Å²) in [6.45, 7) is 0.824. The highest BCUT2D eigenvalue weighted by Gasteiger charge is 2.66. The van der Waals surface area contributed by atoms with Crippen molar-refractivity contribution in [1.29, 1.82) is 0 Å². The van der Waals surface area contributed by atoms with Gasteiger partial charge in [-0.15, -0.1) is 0 Å². The number of para-hydroxylation sites is 1. The molecule has 1 amide bonds. The smallest absolute Gasteiger partial charge is 0.252 e. The van der Waals surface area contributed by atoms with Crippen LogP contribution in [0.4, 0.5) is 0 Å². The second-order valence-corrected chi connectivity index (χ2v) is 8.33. The fraction of sp³-hybridized carbons (Fsp3) is 0.391. The van der Waals surface area contributed by atoms with Gasteiger partial charge in [0.05, 0.1) is 23.4 Å². The molecular weight excluding hydrogens is 352 g/mol. The zero-order valence-electron chi connectivity index (χ0n) is 15.6. The highest BCUT2D eigenvalue weighted by Crippen LogP contribution is 2.62. The first-order valence-corrected chi connectivity index (χ1v) is 10.1. The average Bonchev–Trinajstić information content (AvgIpc) is 3.35. The van der Waals surface area contributed by atoms with Crippen molar-refractivity contribution in [2.75, 3.05) is 6.61 Å². The first-order chi connectivity index (χ1) is 13.8. The molecule has 142 valence electrons. The molecule has 6 rings (SSSR count). The minimum Gasteiger partial charge on any atom is -0.463 e. The van der Waals surface area contributed by atoms with Crippen LogP contribution in [0, 0.1) is 11.3 Å². The fourth-order valence-electron chi connectivity index (χ4n) is 5.59. The van der Waals surface area contributed by atoms with E-state index in [9.17, 15) is 4.79 Å². The maximum Gasteiger partial charge on any atom is 0.252 e. The van der Waals surface area contributed by atoms with Gasteiger partial charge < -0.3 is 14.5 Å². The molecule has 0 radical (unpaired) electrons. The number of furan rings is 1. The van der Waals surface area contributed by atoms with Crippen molar-refractivity contribution < 1.29 is 13.9 Å². The molecule has 2 aromatic heterocycles. The number of nitrogens with zero attached hydrogens (tertiary/aromatic N) is 1. The predicted molar refractivity (Wildman–Crippen MR) is 105 cm³/mol. The Labute approximate surface area is 163 Å². The van der Waals surface area contributed by atoms with Gasteiger partial charge in [0, 0.05) is 29.4 Å². The van der Waals surface area contributed by atoms with Crippen LogP contribution in [0.15, 0.2) is 53.1 Å². The summed E-state index contributed by atoms with van der Waals surface area (Å²) >= 11 is 0. The van der Waals surface area contributed by atoms with Crippen LogP contribution in [0.25, 0.3) is 22.4 Å². The first-order valence-electron chi connectivity index (χ1n) is 10.1. The van der Waals surface area contributed by atoms with Crippen molar-refractivity contribution in [3.8, 4) is 11.5 Å². The lowest BCUT2D eigenvalue weighted by molar-refractivity contribution is -0.172. The van der Waals surface area contributed by atoms with Crippen LogP contribution in [0.1, 0.15) is 36.0 Å². The number of benzene rings is 1. The van der Waals surface area contributed by atoms with Crippen LogP contribution in [-0.4, -0.2) is 29.6 Å². The van der Waals surface area contributed by atoms with Crippen LogP contribution in [0.3, 0.4) is 0 Å². The fourth-order valence-corrected chi connectivity index (χ4v) is 5.59. The van der Waals surface area contributed by atoms with E-state index < -0.39 is 0 Å². The lowest BCUT2D eigenvalue weighted by Crippen LogP contribution is -2.71. The molecule has 0 bridgehead atoms. The summed E-state index contributed by atoms with van der Waals surface area (Å²) in [7, 11) is 0. The van der Waals surface area contributed by atoms with Gasteiger partial charge in [0.2, 0.25) is 0 Å². The van der Waals surface area contributed by atoms with E-state index in [2.05, 4.69) is 10.3 Å². The molecule has 3 heterocycles. The van der Waals surface area contributed by atoms with Gasteiger partial charge in [0.25, 0.3) is 5.91 Å². The summed E-state index contributed by atoms with van der Waals surface area (Å²) in [4.78, 5) is 18.1. The van der Waals surface area contributed by atoms with Crippen LogP contribution < -0.4 is 5.32 Å². The lowest BCUT2D eigenvalue weighted by atomic mass is 9.46. The second kappa shape index (κ2) is 5.92. The third-order valence-corrected chi connectivity index (χ3v) is 7.06.